The number of nitrogens with zero attached hydrogens (tertiary/aromatic N) is 1. The van der Waals surface area contributed by atoms with Crippen molar-refractivity contribution < 1.29 is 32.6 Å². The van der Waals surface area contributed by atoms with Crippen LogP contribution in [0.15, 0.2) is 60.7 Å². The number of benzene rings is 3. The fourth-order valence-electron chi connectivity index (χ4n) is 4.09. The van der Waals surface area contributed by atoms with Gasteiger partial charge in [-0.05, 0) is 47.5 Å². The van der Waals surface area contributed by atoms with E-state index < -0.39 is 23.7 Å². The molecule has 162 valence electrons. The summed E-state index contributed by atoms with van der Waals surface area (Å²) in [6, 6.07) is 13.1. The van der Waals surface area contributed by atoms with Gasteiger partial charge in [0.2, 0.25) is 0 Å². The Morgan fingerprint density at radius 3 is 2.59 bits per heavy atom. The van der Waals surface area contributed by atoms with E-state index in [-0.39, 0.29) is 29.5 Å². The predicted octanol–water partition coefficient (Wildman–Crippen LogP) is 4.49. The molecule has 2 amide bonds. The summed E-state index contributed by atoms with van der Waals surface area (Å²) in [6.45, 7) is -0.124. The molecule has 0 aromatic heterocycles. The SMILES string of the molecule is O=C1COc2ccc(C3c4cccc(O)c4C(=O)N3c3cccc(C(F)(F)F)c3)cc2N1. The van der Waals surface area contributed by atoms with E-state index >= 15 is 0 Å². The first-order valence-corrected chi connectivity index (χ1v) is 9.63. The zero-order valence-corrected chi connectivity index (χ0v) is 16.3. The lowest BCUT2D eigenvalue weighted by molar-refractivity contribution is -0.137. The molecular formula is C23H15F3N2O4. The number of carbonyl (C=O) groups excluding carboxylic acids is 2. The van der Waals surface area contributed by atoms with Crippen LogP contribution in [0.25, 0.3) is 0 Å². The number of halogens is 3. The standard InChI is InChI=1S/C23H15F3N2O4/c24-23(25,26)13-3-1-4-14(10-13)28-21(15-5-2-6-17(29)20(15)22(28)31)12-7-8-18-16(9-12)27-19(30)11-32-18/h1-10,21,29H,11H2,(H,27,30). The first kappa shape index (κ1) is 19.9. The molecular weight excluding hydrogens is 425 g/mol. The summed E-state index contributed by atoms with van der Waals surface area (Å²) in [5.74, 6) is -0.786. The summed E-state index contributed by atoms with van der Waals surface area (Å²) in [6.07, 6.45) is -4.59. The van der Waals surface area contributed by atoms with Crippen molar-refractivity contribution >= 4 is 23.2 Å². The van der Waals surface area contributed by atoms with E-state index in [1.54, 1.807) is 30.3 Å². The molecule has 0 spiro atoms. The summed E-state index contributed by atoms with van der Waals surface area (Å²) >= 11 is 0. The number of ether oxygens (including phenoxy) is 1. The van der Waals surface area contributed by atoms with Crippen molar-refractivity contribution in [2.24, 2.45) is 0 Å². The maximum Gasteiger partial charge on any atom is 0.416 e. The molecule has 5 rings (SSSR count). The number of nitrogens with one attached hydrogen (secondary N) is 1. The van der Waals surface area contributed by atoms with Crippen molar-refractivity contribution in [2.45, 2.75) is 12.2 Å². The van der Waals surface area contributed by atoms with Crippen LogP contribution in [0.4, 0.5) is 24.5 Å². The van der Waals surface area contributed by atoms with Gasteiger partial charge < -0.3 is 15.2 Å². The number of aromatic hydroxyl groups is 1. The highest BCUT2D eigenvalue weighted by Crippen LogP contribution is 2.46. The van der Waals surface area contributed by atoms with Gasteiger partial charge in [0.25, 0.3) is 11.8 Å². The van der Waals surface area contributed by atoms with Gasteiger partial charge in [0.05, 0.1) is 22.9 Å². The highest BCUT2D eigenvalue weighted by Gasteiger charge is 2.42. The molecule has 6 nitrogen and oxygen atoms in total. The normalized spacial score (nSPS) is 17.5. The van der Waals surface area contributed by atoms with E-state index in [1.165, 1.54) is 23.1 Å². The molecule has 0 radical (unpaired) electrons. The first-order valence-electron chi connectivity index (χ1n) is 9.63. The Hall–Kier alpha value is -4.01. The van der Waals surface area contributed by atoms with Crippen LogP contribution < -0.4 is 15.0 Å². The summed E-state index contributed by atoms with van der Waals surface area (Å²) in [4.78, 5) is 26.2. The van der Waals surface area contributed by atoms with Gasteiger partial charge >= 0.3 is 6.18 Å². The summed E-state index contributed by atoms with van der Waals surface area (Å²) in [7, 11) is 0. The van der Waals surface area contributed by atoms with E-state index in [0.717, 1.165) is 12.1 Å². The van der Waals surface area contributed by atoms with Crippen molar-refractivity contribution in [1.29, 1.82) is 0 Å². The third-order valence-electron chi connectivity index (χ3n) is 5.46. The van der Waals surface area contributed by atoms with Gasteiger partial charge in [0.1, 0.15) is 11.5 Å². The smallest absolute Gasteiger partial charge is 0.416 e. The van der Waals surface area contributed by atoms with Gasteiger partial charge in [-0.1, -0.05) is 24.3 Å². The third kappa shape index (κ3) is 3.13. The largest absolute Gasteiger partial charge is 0.507 e. The van der Waals surface area contributed by atoms with Crippen LogP contribution in [0.2, 0.25) is 0 Å². The summed E-state index contributed by atoms with van der Waals surface area (Å²) in [5, 5.41) is 13.0. The molecule has 0 bridgehead atoms. The monoisotopic (exact) mass is 440 g/mol. The topological polar surface area (TPSA) is 78.9 Å². The molecule has 0 fully saturated rings. The number of anilines is 2. The number of rotatable bonds is 2. The molecule has 9 heteroatoms. The van der Waals surface area contributed by atoms with E-state index in [4.69, 9.17) is 4.74 Å². The van der Waals surface area contributed by atoms with Gasteiger partial charge in [0, 0.05) is 5.69 Å². The van der Waals surface area contributed by atoms with Crippen LogP contribution in [-0.4, -0.2) is 23.5 Å². The predicted molar refractivity (Wildman–Crippen MR) is 109 cm³/mol. The minimum Gasteiger partial charge on any atom is -0.507 e. The molecule has 2 aliphatic rings. The Morgan fingerprint density at radius 1 is 1.03 bits per heavy atom. The summed E-state index contributed by atoms with van der Waals surface area (Å²) in [5.41, 5.74) is 0.521. The van der Waals surface area contributed by atoms with Crippen LogP contribution in [0.1, 0.15) is 33.1 Å². The highest BCUT2D eigenvalue weighted by atomic mass is 19.4. The Kier molecular flexibility index (Phi) is 4.37. The van der Waals surface area contributed by atoms with E-state index in [0.29, 0.717) is 22.6 Å². The minimum absolute atomic E-state index is 0.0212. The van der Waals surface area contributed by atoms with Crippen LogP contribution >= 0.6 is 0 Å². The van der Waals surface area contributed by atoms with Gasteiger partial charge in [-0.2, -0.15) is 13.2 Å². The van der Waals surface area contributed by atoms with Gasteiger partial charge in [-0.15, -0.1) is 0 Å². The van der Waals surface area contributed by atoms with Crippen molar-refractivity contribution in [3.05, 3.63) is 82.9 Å². The number of phenols is 1. The number of hydrogen-bond donors (Lipinski definition) is 2. The molecule has 0 saturated heterocycles. The molecule has 2 aliphatic heterocycles. The zero-order chi connectivity index (χ0) is 22.6. The Morgan fingerprint density at radius 2 is 1.81 bits per heavy atom. The number of alkyl halides is 3. The number of carbonyl (C=O) groups is 2. The molecule has 3 aromatic rings. The van der Waals surface area contributed by atoms with Crippen molar-refractivity contribution in [1.82, 2.24) is 0 Å². The second kappa shape index (κ2) is 7.01. The average molecular weight is 440 g/mol. The van der Waals surface area contributed by atoms with Crippen LogP contribution in [-0.2, 0) is 11.0 Å². The molecule has 1 atom stereocenters. The average Bonchev–Trinajstić information content (AvgIpc) is 3.06. The second-order valence-electron chi connectivity index (χ2n) is 7.46. The molecule has 32 heavy (non-hydrogen) atoms. The maximum absolute atomic E-state index is 13.3. The Bertz CT molecular complexity index is 1270. The quantitative estimate of drug-likeness (QED) is 0.616. The van der Waals surface area contributed by atoms with E-state index in [1.807, 2.05) is 0 Å². The second-order valence-corrected chi connectivity index (χ2v) is 7.46. The van der Waals surface area contributed by atoms with Crippen molar-refractivity contribution in [2.75, 3.05) is 16.8 Å². The van der Waals surface area contributed by atoms with Gasteiger partial charge in [0.15, 0.2) is 6.61 Å². The van der Waals surface area contributed by atoms with E-state index in [2.05, 4.69) is 5.32 Å². The van der Waals surface area contributed by atoms with Crippen molar-refractivity contribution in [3.8, 4) is 11.5 Å². The number of hydrogen-bond acceptors (Lipinski definition) is 4. The highest BCUT2D eigenvalue weighted by molar-refractivity contribution is 6.13. The lowest BCUT2D eigenvalue weighted by Gasteiger charge is -2.28. The lowest BCUT2D eigenvalue weighted by atomic mass is 9.96. The molecule has 1 unspecified atom stereocenters. The fraction of sp³-hybridized carbons (Fsp3) is 0.130. The van der Waals surface area contributed by atoms with Crippen LogP contribution in [0.3, 0.4) is 0 Å². The third-order valence-corrected chi connectivity index (χ3v) is 5.46. The Labute approximate surface area is 179 Å². The molecule has 3 aromatic carbocycles. The minimum atomic E-state index is -4.59. The van der Waals surface area contributed by atoms with Gasteiger partial charge in [-0.25, -0.2) is 0 Å². The fourth-order valence-corrected chi connectivity index (χ4v) is 4.09. The lowest BCUT2D eigenvalue weighted by Crippen LogP contribution is -2.29. The molecule has 2 N–H and O–H groups in total. The number of amides is 2. The van der Waals surface area contributed by atoms with Crippen LogP contribution in [0, 0.1) is 0 Å². The number of fused-ring (bicyclic) bond motifs is 2. The zero-order valence-electron chi connectivity index (χ0n) is 16.3. The first-order chi connectivity index (χ1) is 15.2. The van der Waals surface area contributed by atoms with Crippen molar-refractivity contribution in [3.63, 3.8) is 0 Å². The van der Waals surface area contributed by atoms with Gasteiger partial charge in [-0.3, -0.25) is 14.5 Å². The molecule has 0 aliphatic carbocycles. The molecule has 2 heterocycles. The number of phenolic OH excluding ortho intramolecular Hbond substituents is 1. The molecule has 0 saturated carbocycles. The van der Waals surface area contributed by atoms with E-state index in [9.17, 15) is 27.9 Å². The Balaban J connectivity index is 1.68. The summed E-state index contributed by atoms with van der Waals surface area (Å²) < 4.78 is 45.4. The maximum atomic E-state index is 13.3. The van der Waals surface area contributed by atoms with Crippen LogP contribution in [0.5, 0.6) is 11.5 Å².